The summed E-state index contributed by atoms with van der Waals surface area (Å²) in [6, 6.07) is 3.60. The number of halogens is 6. The number of hydroxylamine groups is 2. The summed E-state index contributed by atoms with van der Waals surface area (Å²) in [5, 5.41) is 39.3. The molecule has 278 valence electrons. The Kier molecular flexibility index (Phi) is 10.8. The summed E-state index contributed by atoms with van der Waals surface area (Å²) >= 11 is 0. The third-order valence-corrected chi connectivity index (χ3v) is 7.89. The van der Waals surface area contributed by atoms with Gasteiger partial charge >= 0.3 is 42.1 Å². The highest BCUT2D eigenvalue weighted by Gasteiger charge is 2.66. The Hall–Kier alpha value is -5.37. The normalized spacial score (nSPS) is 15.8. The van der Waals surface area contributed by atoms with E-state index in [9.17, 15) is 70.7 Å². The summed E-state index contributed by atoms with van der Waals surface area (Å²) in [5.74, 6) is -12.4. The second kappa shape index (κ2) is 13.7. The van der Waals surface area contributed by atoms with Crippen molar-refractivity contribution in [2.45, 2.75) is 76.9 Å². The predicted molar refractivity (Wildman–Crippen MR) is 161 cm³/mol. The van der Waals surface area contributed by atoms with Crippen LogP contribution < -0.4 is 10.2 Å². The molecular weight excluding hydrogens is 704 g/mol. The molecule has 3 unspecified atom stereocenters. The number of carboxylic acid groups (broad SMARTS) is 4. The van der Waals surface area contributed by atoms with E-state index in [0.29, 0.717) is 37.2 Å². The summed E-state index contributed by atoms with van der Waals surface area (Å²) in [6.45, 7) is 5.02. The van der Waals surface area contributed by atoms with E-state index >= 15 is 0 Å². The summed E-state index contributed by atoms with van der Waals surface area (Å²) in [7, 11) is 0. The molecule has 0 aliphatic heterocycles. The van der Waals surface area contributed by atoms with Crippen LogP contribution >= 0.6 is 0 Å². The third-order valence-electron chi connectivity index (χ3n) is 7.89. The number of hydrogen-bond donors (Lipinski definition) is 6. The average molecular weight is 737 g/mol. The summed E-state index contributed by atoms with van der Waals surface area (Å²) in [4.78, 5) is 69.8. The van der Waals surface area contributed by atoms with Crippen LogP contribution in [0.25, 0.3) is 10.9 Å². The Morgan fingerprint density at radius 1 is 0.843 bits per heavy atom. The molecule has 0 bridgehead atoms. The molecular formula is C31H32F6N3O11+. The number of alkyl halides is 6. The van der Waals surface area contributed by atoms with E-state index in [0.717, 1.165) is 6.07 Å². The highest BCUT2D eigenvalue weighted by atomic mass is 19.4. The Bertz CT molecular complexity index is 1860. The minimum absolute atomic E-state index is 0.0312. The van der Waals surface area contributed by atoms with Gasteiger partial charge in [-0.3, -0.25) is 9.59 Å². The van der Waals surface area contributed by atoms with Gasteiger partial charge in [0, 0.05) is 24.0 Å². The molecule has 1 aromatic heterocycles. The second-order valence-electron chi connectivity index (χ2n) is 12.2. The number of anilines is 1. The fraction of sp³-hybridized carbons (Fsp3) is 0.387. The SMILES string of the molecule is CC(=O)[N+](Nc1cc(C(F)(F)F)c(Oc2ccc3[nH]cc(C(C)C)c3c2)c(C(F)(F)F)c1)(OC(C)(CC(=O)O)C(=O)O)C(C)(CC(=O)O)C(=O)O. The number of hydrogen-bond acceptors (Lipinski definition) is 8. The molecule has 0 radical (unpaired) electrons. The summed E-state index contributed by atoms with van der Waals surface area (Å²) in [5.41, 5.74) is -9.16. The molecule has 6 N–H and O–H groups in total. The molecule has 0 aliphatic carbocycles. The smallest absolute Gasteiger partial charge is 0.420 e. The number of aromatic amines is 1. The summed E-state index contributed by atoms with van der Waals surface area (Å²) in [6.07, 6.45) is -12.9. The quantitative estimate of drug-likeness (QED) is 0.0605. The van der Waals surface area contributed by atoms with Crippen molar-refractivity contribution in [3.63, 3.8) is 0 Å². The number of H-pyrrole nitrogens is 1. The van der Waals surface area contributed by atoms with Gasteiger partial charge in [0.15, 0.2) is 5.75 Å². The van der Waals surface area contributed by atoms with E-state index in [1.165, 1.54) is 12.1 Å². The van der Waals surface area contributed by atoms with Crippen LogP contribution in [-0.4, -0.2) is 71.1 Å². The number of aromatic nitrogens is 1. The summed E-state index contributed by atoms with van der Waals surface area (Å²) < 4.78 is 90.3. The van der Waals surface area contributed by atoms with Crippen molar-refractivity contribution in [1.29, 1.82) is 0 Å². The topological polar surface area (TPSA) is 213 Å². The first kappa shape index (κ1) is 40.1. The molecule has 1 amide bonds. The number of rotatable bonds is 14. The van der Waals surface area contributed by atoms with Crippen molar-refractivity contribution in [3.8, 4) is 11.5 Å². The number of benzene rings is 2. The number of carbonyl (C=O) groups is 5. The monoisotopic (exact) mass is 736 g/mol. The Labute approximate surface area is 283 Å². The molecule has 0 spiro atoms. The maximum absolute atomic E-state index is 14.6. The molecule has 0 saturated carbocycles. The van der Waals surface area contributed by atoms with Crippen LogP contribution in [0.2, 0.25) is 0 Å². The number of quaternary nitrogens is 1. The predicted octanol–water partition coefficient (Wildman–Crippen LogP) is 6.38. The van der Waals surface area contributed by atoms with Gasteiger partial charge in [-0.1, -0.05) is 13.8 Å². The van der Waals surface area contributed by atoms with Gasteiger partial charge in [0.25, 0.3) is 5.54 Å². The van der Waals surface area contributed by atoms with Crippen molar-refractivity contribution in [2.75, 3.05) is 5.43 Å². The number of aliphatic carboxylic acids is 4. The van der Waals surface area contributed by atoms with Crippen LogP contribution in [0.4, 0.5) is 32.0 Å². The highest BCUT2D eigenvalue weighted by molar-refractivity contribution is 5.87. The molecule has 14 nitrogen and oxygen atoms in total. The van der Waals surface area contributed by atoms with Gasteiger partial charge in [-0.15, -0.1) is 4.84 Å². The van der Waals surface area contributed by atoms with E-state index in [4.69, 9.17) is 9.57 Å². The van der Waals surface area contributed by atoms with Gasteiger partial charge in [-0.05, 0) is 53.5 Å². The minimum Gasteiger partial charge on any atom is -0.481 e. The number of carboxylic acids is 4. The Balaban J connectivity index is 2.43. The first-order valence-corrected chi connectivity index (χ1v) is 14.6. The number of fused-ring (bicyclic) bond motifs is 1. The van der Waals surface area contributed by atoms with Gasteiger partial charge in [-0.2, -0.15) is 31.8 Å². The van der Waals surface area contributed by atoms with Crippen LogP contribution in [0.5, 0.6) is 11.5 Å². The van der Waals surface area contributed by atoms with E-state index in [-0.39, 0.29) is 18.1 Å². The molecule has 3 atom stereocenters. The number of ether oxygens (including phenoxy) is 1. The van der Waals surface area contributed by atoms with Gasteiger partial charge in [0.1, 0.15) is 23.3 Å². The van der Waals surface area contributed by atoms with Crippen molar-refractivity contribution >= 4 is 46.4 Å². The van der Waals surface area contributed by atoms with Crippen LogP contribution in [-0.2, 0) is 41.2 Å². The van der Waals surface area contributed by atoms with Crippen molar-refractivity contribution < 1.29 is 85.1 Å². The second-order valence-corrected chi connectivity index (χ2v) is 12.2. The maximum atomic E-state index is 14.6. The number of nitrogens with zero attached hydrogens (tertiary/aromatic N) is 1. The molecule has 0 fully saturated rings. The average Bonchev–Trinajstić information content (AvgIpc) is 3.38. The van der Waals surface area contributed by atoms with E-state index in [1.54, 1.807) is 25.5 Å². The van der Waals surface area contributed by atoms with Crippen molar-refractivity contribution in [2.24, 2.45) is 0 Å². The number of nitrogens with one attached hydrogen (secondary N) is 2. The lowest BCUT2D eigenvalue weighted by Gasteiger charge is -2.45. The molecule has 2 aromatic carbocycles. The van der Waals surface area contributed by atoms with E-state index in [1.807, 2.05) is 0 Å². The van der Waals surface area contributed by atoms with Crippen LogP contribution in [0, 0.1) is 0 Å². The zero-order chi connectivity index (χ0) is 39.1. The lowest BCUT2D eigenvalue weighted by molar-refractivity contribution is -1.07. The standard InChI is InChI=1S/C31H31F6N3O11/c1-14(2)19-13-38-22-7-6-17(10-18(19)22)50-25-20(30(32,33)34)8-16(9-21(25)31(35,36)37)39-40(15(3)41,28(4,26(46)47)11-23(42)43)51-29(5,27(48)49)12-24(44)45/h6-10,13-14,38-39H,11-12H2,1-5H3,(H3-,42,43,44,45,46,47,48,49)/p+1. The molecule has 3 rings (SSSR count). The van der Waals surface area contributed by atoms with Gasteiger partial charge < -0.3 is 30.1 Å². The zero-order valence-electron chi connectivity index (χ0n) is 27.3. The van der Waals surface area contributed by atoms with Crippen molar-refractivity contribution in [3.05, 3.63) is 53.2 Å². The fourth-order valence-corrected chi connectivity index (χ4v) is 5.28. The molecule has 3 aromatic rings. The molecule has 51 heavy (non-hydrogen) atoms. The Morgan fingerprint density at radius 3 is 1.78 bits per heavy atom. The molecule has 0 saturated heterocycles. The lowest BCUT2D eigenvalue weighted by atomic mass is 9.95. The van der Waals surface area contributed by atoms with Crippen LogP contribution in [0.3, 0.4) is 0 Å². The first-order valence-electron chi connectivity index (χ1n) is 14.6. The first-order chi connectivity index (χ1) is 23.2. The number of amides is 1. The van der Waals surface area contributed by atoms with E-state index < -0.39 is 99.2 Å². The van der Waals surface area contributed by atoms with Gasteiger partial charge in [0.2, 0.25) is 5.60 Å². The van der Waals surface area contributed by atoms with E-state index in [2.05, 4.69) is 4.98 Å². The zero-order valence-corrected chi connectivity index (χ0v) is 27.3. The van der Waals surface area contributed by atoms with Crippen LogP contribution in [0.15, 0.2) is 36.5 Å². The lowest BCUT2D eigenvalue weighted by Crippen LogP contribution is -2.74. The Morgan fingerprint density at radius 2 is 1.37 bits per heavy atom. The largest absolute Gasteiger partial charge is 0.481 e. The maximum Gasteiger partial charge on any atom is 0.420 e. The molecule has 1 heterocycles. The van der Waals surface area contributed by atoms with Crippen molar-refractivity contribution in [1.82, 2.24) is 4.98 Å². The van der Waals surface area contributed by atoms with Gasteiger partial charge in [0.05, 0.1) is 19.0 Å². The molecule has 20 heteroatoms. The van der Waals surface area contributed by atoms with Crippen LogP contribution in [0.1, 0.15) is 70.1 Å². The fourth-order valence-electron chi connectivity index (χ4n) is 5.28. The number of carbonyl (C=O) groups excluding carboxylic acids is 1. The van der Waals surface area contributed by atoms with Gasteiger partial charge in [-0.25, -0.2) is 14.4 Å². The highest BCUT2D eigenvalue weighted by Crippen LogP contribution is 2.49. The molecule has 0 aliphatic rings. The minimum atomic E-state index is -5.66. The third kappa shape index (κ3) is 8.01.